The lowest BCUT2D eigenvalue weighted by atomic mass is 10.2. The zero-order valence-corrected chi connectivity index (χ0v) is 10.3. The van der Waals surface area contributed by atoms with Gasteiger partial charge >= 0.3 is 5.97 Å². The summed E-state index contributed by atoms with van der Waals surface area (Å²) in [6.45, 7) is 0. The van der Waals surface area contributed by atoms with E-state index in [2.05, 4.69) is 14.7 Å². The number of nitrogens with one attached hydrogen (secondary N) is 1. The largest absolute Gasteiger partial charge is 0.480 e. The number of aromatic nitrogens is 2. The van der Waals surface area contributed by atoms with Crippen LogP contribution < -0.4 is 5.32 Å². The Balaban J connectivity index is 1.70. The third kappa shape index (κ3) is 3.73. The van der Waals surface area contributed by atoms with Crippen LogP contribution in [0.3, 0.4) is 0 Å². The Hall–Kier alpha value is -0.660. The summed E-state index contributed by atoms with van der Waals surface area (Å²) < 4.78 is 4.79. The van der Waals surface area contributed by atoms with Gasteiger partial charge in [-0.15, -0.1) is 0 Å². The van der Waals surface area contributed by atoms with E-state index in [-0.39, 0.29) is 0 Å². The van der Waals surface area contributed by atoms with Crippen molar-refractivity contribution >= 4 is 29.3 Å². The quantitative estimate of drug-likeness (QED) is 0.717. The van der Waals surface area contributed by atoms with Gasteiger partial charge in [0.25, 0.3) is 0 Å². The molecule has 1 fully saturated rings. The Labute approximate surface area is 102 Å². The van der Waals surface area contributed by atoms with Crippen molar-refractivity contribution in [2.75, 3.05) is 5.75 Å². The van der Waals surface area contributed by atoms with E-state index in [0.717, 1.165) is 22.9 Å². The molecular weight excluding hydrogens is 246 g/mol. The predicted octanol–water partition coefficient (Wildman–Crippen LogP) is 1.23. The van der Waals surface area contributed by atoms with Gasteiger partial charge in [0, 0.05) is 11.8 Å². The number of carboxylic acids is 1. The molecule has 0 spiro atoms. The summed E-state index contributed by atoms with van der Waals surface area (Å²) in [6, 6.07) is 0.000510. The number of rotatable bonds is 7. The summed E-state index contributed by atoms with van der Waals surface area (Å²) in [5, 5.41) is 12.1. The zero-order valence-electron chi connectivity index (χ0n) is 8.63. The maximum atomic E-state index is 11.0. The van der Waals surface area contributed by atoms with E-state index in [1.807, 2.05) is 0 Å². The normalized spacial score (nSPS) is 17.2. The van der Waals surface area contributed by atoms with Crippen molar-refractivity contribution in [3.05, 3.63) is 6.33 Å². The second-order valence-electron chi connectivity index (χ2n) is 3.68. The van der Waals surface area contributed by atoms with Gasteiger partial charge in [-0.05, 0) is 30.8 Å². The highest BCUT2D eigenvalue weighted by molar-refractivity contribution is 8.00. The van der Waals surface area contributed by atoms with Crippen molar-refractivity contribution in [1.82, 2.24) is 14.7 Å². The Kier molecular flexibility index (Phi) is 4.14. The van der Waals surface area contributed by atoms with Crippen molar-refractivity contribution in [3.63, 3.8) is 0 Å². The van der Waals surface area contributed by atoms with Gasteiger partial charge in [-0.25, -0.2) is 4.98 Å². The van der Waals surface area contributed by atoms with Gasteiger partial charge in [-0.1, -0.05) is 11.8 Å². The summed E-state index contributed by atoms with van der Waals surface area (Å²) in [4.78, 5) is 15.0. The average Bonchev–Trinajstić information content (AvgIpc) is 2.91. The van der Waals surface area contributed by atoms with Crippen molar-refractivity contribution in [3.8, 4) is 0 Å². The molecule has 1 aromatic heterocycles. The van der Waals surface area contributed by atoms with Crippen LogP contribution in [0.2, 0.25) is 0 Å². The van der Waals surface area contributed by atoms with Crippen LogP contribution in [0.15, 0.2) is 10.7 Å². The van der Waals surface area contributed by atoms with Crippen LogP contribution in [0.5, 0.6) is 0 Å². The number of nitrogens with zero attached hydrogens (tertiary/aromatic N) is 2. The molecule has 2 rings (SSSR count). The van der Waals surface area contributed by atoms with Crippen LogP contribution in [0, 0.1) is 0 Å². The van der Waals surface area contributed by atoms with Gasteiger partial charge in [0.15, 0.2) is 4.34 Å². The Bertz CT molecular complexity index is 341. The zero-order chi connectivity index (χ0) is 11.4. The summed E-state index contributed by atoms with van der Waals surface area (Å²) in [5.41, 5.74) is 0. The first-order valence-electron chi connectivity index (χ1n) is 5.14. The molecule has 0 aliphatic heterocycles. The topological polar surface area (TPSA) is 75.1 Å². The van der Waals surface area contributed by atoms with Crippen LogP contribution >= 0.6 is 23.3 Å². The van der Waals surface area contributed by atoms with E-state index in [4.69, 9.17) is 5.11 Å². The van der Waals surface area contributed by atoms with Gasteiger partial charge in [-0.3, -0.25) is 4.79 Å². The number of hydrogen-bond acceptors (Lipinski definition) is 6. The van der Waals surface area contributed by atoms with Crippen LogP contribution in [0.1, 0.15) is 19.3 Å². The molecule has 1 saturated carbocycles. The molecule has 0 bridgehead atoms. The highest BCUT2D eigenvalue weighted by Crippen LogP contribution is 2.22. The highest BCUT2D eigenvalue weighted by atomic mass is 32.2. The Morgan fingerprint density at radius 3 is 3.12 bits per heavy atom. The second-order valence-corrected chi connectivity index (χ2v) is 5.80. The Morgan fingerprint density at radius 2 is 2.56 bits per heavy atom. The van der Waals surface area contributed by atoms with Gasteiger partial charge in [0.2, 0.25) is 0 Å². The molecule has 5 nitrogen and oxygen atoms in total. The molecule has 16 heavy (non-hydrogen) atoms. The van der Waals surface area contributed by atoms with Gasteiger partial charge < -0.3 is 10.4 Å². The van der Waals surface area contributed by atoms with Crippen LogP contribution in [0.25, 0.3) is 0 Å². The molecule has 0 aromatic carbocycles. The predicted molar refractivity (Wildman–Crippen MR) is 62.8 cm³/mol. The molecule has 1 heterocycles. The first-order valence-corrected chi connectivity index (χ1v) is 6.90. The van der Waals surface area contributed by atoms with E-state index in [1.165, 1.54) is 17.9 Å². The number of carbonyl (C=O) groups is 1. The maximum Gasteiger partial charge on any atom is 0.320 e. The fraction of sp³-hybridized carbons (Fsp3) is 0.667. The van der Waals surface area contributed by atoms with E-state index >= 15 is 0 Å². The monoisotopic (exact) mass is 259 g/mol. The molecule has 1 atom stereocenters. The summed E-state index contributed by atoms with van der Waals surface area (Å²) in [5.74, 6) is -0.00364. The lowest BCUT2D eigenvalue weighted by Gasteiger charge is -2.12. The van der Waals surface area contributed by atoms with Gasteiger partial charge in [0.1, 0.15) is 12.4 Å². The molecule has 0 saturated heterocycles. The second kappa shape index (κ2) is 5.60. The van der Waals surface area contributed by atoms with Crippen LogP contribution in [0.4, 0.5) is 0 Å². The maximum absolute atomic E-state index is 11.0. The van der Waals surface area contributed by atoms with E-state index < -0.39 is 12.0 Å². The van der Waals surface area contributed by atoms with Gasteiger partial charge in [0.05, 0.1) is 0 Å². The molecule has 7 heteroatoms. The van der Waals surface area contributed by atoms with E-state index in [1.54, 1.807) is 11.8 Å². The van der Waals surface area contributed by atoms with Crippen molar-refractivity contribution in [2.24, 2.45) is 0 Å². The lowest BCUT2D eigenvalue weighted by Crippen LogP contribution is -2.38. The summed E-state index contributed by atoms with van der Waals surface area (Å²) in [6.07, 6.45) is 4.35. The molecule has 0 radical (unpaired) electrons. The average molecular weight is 259 g/mol. The van der Waals surface area contributed by atoms with Crippen LogP contribution in [-0.4, -0.2) is 38.3 Å². The summed E-state index contributed by atoms with van der Waals surface area (Å²) >= 11 is 2.91. The molecular formula is C9H13N3O2S2. The number of aliphatic carboxylic acids is 1. The van der Waals surface area contributed by atoms with Crippen molar-refractivity contribution < 1.29 is 9.90 Å². The smallest absolute Gasteiger partial charge is 0.320 e. The Morgan fingerprint density at radius 1 is 1.75 bits per heavy atom. The SMILES string of the molecule is O=C(O)C(CCSc1ncns1)NC1CC1. The number of thioether (sulfide) groups is 1. The first kappa shape index (κ1) is 11.8. The molecule has 1 aliphatic carbocycles. The highest BCUT2D eigenvalue weighted by Gasteiger charge is 2.27. The minimum atomic E-state index is -0.759. The fourth-order valence-electron chi connectivity index (χ4n) is 1.30. The molecule has 1 aromatic rings. The van der Waals surface area contributed by atoms with Crippen LogP contribution in [-0.2, 0) is 4.79 Å². The molecule has 0 amide bonds. The molecule has 1 unspecified atom stereocenters. The lowest BCUT2D eigenvalue weighted by molar-refractivity contribution is -0.139. The fourth-order valence-corrected chi connectivity index (χ4v) is 2.82. The third-order valence-electron chi connectivity index (χ3n) is 2.29. The molecule has 1 aliphatic rings. The van der Waals surface area contributed by atoms with E-state index in [9.17, 15) is 4.79 Å². The molecule has 2 N–H and O–H groups in total. The standard InChI is InChI=1S/C9H13N3O2S2/c13-8(14)7(12-6-1-2-6)3-4-15-9-10-5-11-16-9/h5-7,12H,1-4H2,(H,13,14). The first-order chi connectivity index (χ1) is 7.75. The molecule has 88 valence electrons. The van der Waals surface area contributed by atoms with Crippen molar-refractivity contribution in [2.45, 2.75) is 35.7 Å². The number of hydrogen-bond donors (Lipinski definition) is 2. The van der Waals surface area contributed by atoms with E-state index in [0.29, 0.717) is 12.5 Å². The minimum Gasteiger partial charge on any atom is -0.480 e. The van der Waals surface area contributed by atoms with Gasteiger partial charge in [-0.2, -0.15) is 4.37 Å². The number of carboxylic acid groups (broad SMARTS) is 1. The minimum absolute atomic E-state index is 0.423. The third-order valence-corrected chi connectivity index (χ3v) is 4.12. The summed E-state index contributed by atoms with van der Waals surface area (Å²) in [7, 11) is 0. The van der Waals surface area contributed by atoms with Crippen molar-refractivity contribution in [1.29, 1.82) is 0 Å².